The summed E-state index contributed by atoms with van der Waals surface area (Å²) >= 11 is 7.03. The largest absolute Gasteiger partial charge is 0.487 e. The Labute approximate surface area is 206 Å². The number of hydrogen-bond acceptors (Lipinski definition) is 6. The van der Waals surface area contributed by atoms with E-state index in [4.69, 9.17) is 9.47 Å². The number of ether oxygens (including phenoxy) is 2. The minimum absolute atomic E-state index is 0.0234. The molecule has 0 N–H and O–H groups in total. The predicted molar refractivity (Wildman–Crippen MR) is 131 cm³/mol. The Morgan fingerprint density at radius 2 is 1.79 bits per heavy atom. The summed E-state index contributed by atoms with van der Waals surface area (Å²) in [7, 11) is 0. The zero-order valence-electron chi connectivity index (χ0n) is 17.2. The molecule has 33 heavy (non-hydrogen) atoms. The fraction of sp³-hybridized carbons (Fsp3) is 0.0833. The van der Waals surface area contributed by atoms with Crippen LogP contribution in [0.2, 0.25) is 0 Å². The van der Waals surface area contributed by atoms with E-state index >= 15 is 0 Å². The number of nitro benzene ring substituents is 1. The minimum Gasteiger partial charge on any atom is -0.487 e. The number of carbonyl (C=O) groups excluding carboxylic acids is 1. The zero-order chi connectivity index (χ0) is 23.5. The highest BCUT2D eigenvalue weighted by Crippen LogP contribution is 2.36. The lowest BCUT2D eigenvalue weighted by Crippen LogP contribution is -2.06. The molecular formula is C24H16Br2N2O5. The molecule has 3 aromatic carbocycles. The number of hydrogen-bond donors (Lipinski definition) is 0. The first-order valence-electron chi connectivity index (χ1n) is 9.75. The van der Waals surface area contributed by atoms with E-state index < -0.39 is 10.9 Å². The van der Waals surface area contributed by atoms with Crippen molar-refractivity contribution < 1.29 is 19.2 Å². The number of esters is 1. The van der Waals surface area contributed by atoms with E-state index in [1.54, 1.807) is 37.3 Å². The molecule has 0 bridgehead atoms. The average Bonchev–Trinajstić information content (AvgIpc) is 3.14. The third-order valence-electron chi connectivity index (χ3n) is 4.82. The van der Waals surface area contributed by atoms with Gasteiger partial charge in [-0.3, -0.25) is 10.1 Å². The maximum absolute atomic E-state index is 12.4. The van der Waals surface area contributed by atoms with Gasteiger partial charge in [0.1, 0.15) is 12.4 Å². The zero-order valence-corrected chi connectivity index (χ0v) is 20.4. The van der Waals surface area contributed by atoms with Crippen LogP contribution < -0.4 is 4.74 Å². The van der Waals surface area contributed by atoms with Crippen molar-refractivity contribution in [3.63, 3.8) is 0 Å². The highest BCUT2D eigenvalue weighted by Gasteiger charge is 2.26. The van der Waals surface area contributed by atoms with Crippen molar-refractivity contribution in [2.24, 2.45) is 4.99 Å². The van der Waals surface area contributed by atoms with Crippen molar-refractivity contribution >= 4 is 55.5 Å². The summed E-state index contributed by atoms with van der Waals surface area (Å²) < 4.78 is 12.6. The summed E-state index contributed by atoms with van der Waals surface area (Å²) in [6, 6.07) is 18.0. The van der Waals surface area contributed by atoms with Crippen LogP contribution in [0.1, 0.15) is 22.3 Å². The van der Waals surface area contributed by atoms with Gasteiger partial charge in [-0.15, -0.1) is 0 Å². The van der Waals surface area contributed by atoms with E-state index in [2.05, 4.69) is 36.9 Å². The first-order valence-corrected chi connectivity index (χ1v) is 11.3. The van der Waals surface area contributed by atoms with Crippen LogP contribution in [0.4, 0.5) is 5.69 Å². The highest BCUT2D eigenvalue weighted by molar-refractivity contribution is 9.11. The fourth-order valence-electron chi connectivity index (χ4n) is 3.16. The molecule has 0 saturated heterocycles. The monoisotopic (exact) mass is 570 g/mol. The molecule has 0 spiro atoms. The molecule has 9 heteroatoms. The van der Waals surface area contributed by atoms with Gasteiger partial charge < -0.3 is 9.47 Å². The van der Waals surface area contributed by atoms with Gasteiger partial charge in [0.05, 0.1) is 13.9 Å². The Morgan fingerprint density at radius 1 is 1.09 bits per heavy atom. The van der Waals surface area contributed by atoms with Crippen molar-refractivity contribution in [2.75, 3.05) is 0 Å². The van der Waals surface area contributed by atoms with E-state index in [-0.39, 0.29) is 17.3 Å². The van der Waals surface area contributed by atoms with Gasteiger partial charge in [-0.05, 0) is 74.2 Å². The van der Waals surface area contributed by atoms with Crippen LogP contribution >= 0.6 is 31.9 Å². The SMILES string of the molecule is Cc1ccc(C2=N/C(=C\c3cc(Br)c(OCc4ccccc4)c(Br)c3)C(=O)O2)cc1[N+](=O)[O-]. The first-order chi connectivity index (χ1) is 15.8. The normalized spacial score (nSPS) is 14.2. The second kappa shape index (κ2) is 9.68. The van der Waals surface area contributed by atoms with Crippen LogP contribution in [0.3, 0.4) is 0 Å². The second-order valence-electron chi connectivity index (χ2n) is 7.18. The maximum atomic E-state index is 12.4. The van der Waals surface area contributed by atoms with Gasteiger partial charge in [0.25, 0.3) is 5.69 Å². The average molecular weight is 572 g/mol. The number of nitro groups is 1. The summed E-state index contributed by atoms with van der Waals surface area (Å²) in [5.74, 6) is 0.0197. The van der Waals surface area contributed by atoms with Gasteiger partial charge in [-0.2, -0.15) is 0 Å². The van der Waals surface area contributed by atoms with Gasteiger partial charge in [0, 0.05) is 17.2 Å². The Bertz CT molecular complexity index is 1300. The van der Waals surface area contributed by atoms with Crippen LogP contribution in [-0.4, -0.2) is 16.8 Å². The topological polar surface area (TPSA) is 91.0 Å². The van der Waals surface area contributed by atoms with E-state index in [1.165, 1.54) is 6.07 Å². The lowest BCUT2D eigenvalue weighted by molar-refractivity contribution is -0.385. The smallest absolute Gasteiger partial charge is 0.363 e. The van der Waals surface area contributed by atoms with Crippen LogP contribution in [0, 0.1) is 17.0 Å². The molecule has 0 amide bonds. The minimum atomic E-state index is -0.634. The van der Waals surface area contributed by atoms with Gasteiger partial charge in [0.2, 0.25) is 5.90 Å². The van der Waals surface area contributed by atoms with Crippen molar-refractivity contribution in [1.29, 1.82) is 0 Å². The van der Waals surface area contributed by atoms with Gasteiger partial charge in [-0.25, -0.2) is 9.79 Å². The van der Waals surface area contributed by atoms with E-state index in [0.29, 0.717) is 38.0 Å². The molecule has 0 aromatic heterocycles. The van der Waals surface area contributed by atoms with E-state index in [0.717, 1.165) is 5.56 Å². The highest BCUT2D eigenvalue weighted by atomic mass is 79.9. The number of benzene rings is 3. The fourth-order valence-corrected chi connectivity index (χ4v) is 4.61. The molecule has 4 rings (SSSR count). The summed E-state index contributed by atoms with van der Waals surface area (Å²) in [5.41, 5.74) is 2.61. The summed E-state index contributed by atoms with van der Waals surface area (Å²) in [4.78, 5) is 27.3. The molecule has 0 saturated carbocycles. The Hall–Kier alpha value is -3.30. The lowest BCUT2D eigenvalue weighted by Gasteiger charge is -2.11. The van der Waals surface area contributed by atoms with Crippen LogP contribution in [0.5, 0.6) is 5.75 Å². The lowest BCUT2D eigenvalue weighted by atomic mass is 10.1. The van der Waals surface area contributed by atoms with Crippen molar-refractivity contribution in [3.8, 4) is 5.75 Å². The van der Waals surface area contributed by atoms with Crippen LogP contribution in [-0.2, 0) is 16.1 Å². The Kier molecular flexibility index (Phi) is 6.71. The summed E-state index contributed by atoms with van der Waals surface area (Å²) in [5, 5.41) is 11.2. The first kappa shape index (κ1) is 22.9. The second-order valence-corrected chi connectivity index (χ2v) is 8.89. The van der Waals surface area contributed by atoms with Crippen molar-refractivity contribution in [3.05, 3.63) is 108 Å². The van der Waals surface area contributed by atoms with E-state index in [9.17, 15) is 14.9 Å². The van der Waals surface area contributed by atoms with Gasteiger partial charge in [0.15, 0.2) is 5.70 Å². The van der Waals surface area contributed by atoms with Crippen LogP contribution in [0.15, 0.2) is 80.3 Å². The number of aryl methyl sites for hydroxylation is 1. The predicted octanol–water partition coefficient (Wildman–Crippen LogP) is 6.35. The summed E-state index contributed by atoms with van der Waals surface area (Å²) in [6.45, 7) is 2.04. The maximum Gasteiger partial charge on any atom is 0.363 e. The molecule has 0 atom stereocenters. The summed E-state index contributed by atoms with van der Waals surface area (Å²) in [6.07, 6.45) is 1.58. The number of halogens is 2. The molecule has 3 aromatic rings. The number of nitrogens with zero attached hydrogens (tertiary/aromatic N) is 2. The van der Waals surface area contributed by atoms with Gasteiger partial charge >= 0.3 is 5.97 Å². The van der Waals surface area contributed by atoms with Gasteiger partial charge in [-0.1, -0.05) is 36.4 Å². The van der Waals surface area contributed by atoms with Crippen molar-refractivity contribution in [1.82, 2.24) is 0 Å². The third-order valence-corrected chi connectivity index (χ3v) is 6.00. The molecule has 1 aliphatic rings. The molecule has 0 fully saturated rings. The number of cyclic esters (lactones) is 1. The standard InChI is InChI=1S/C24H16Br2N2O5/c1-14-7-8-17(12-21(14)28(30)31)23-27-20(24(29)33-23)11-16-9-18(25)22(19(26)10-16)32-13-15-5-3-2-4-6-15/h2-12H,13H2,1H3/b20-11-. The molecular weight excluding hydrogens is 556 g/mol. The molecule has 1 heterocycles. The van der Waals surface area contributed by atoms with Crippen LogP contribution in [0.25, 0.3) is 6.08 Å². The molecule has 1 aliphatic heterocycles. The molecule has 0 radical (unpaired) electrons. The third kappa shape index (κ3) is 5.20. The quantitative estimate of drug-likeness (QED) is 0.149. The van der Waals surface area contributed by atoms with Crippen molar-refractivity contribution in [2.45, 2.75) is 13.5 Å². The molecule has 166 valence electrons. The molecule has 0 aliphatic carbocycles. The number of carbonyl (C=O) groups is 1. The molecule has 0 unspecified atom stereocenters. The number of aliphatic imine (C=N–C) groups is 1. The Balaban J connectivity index is 1.58. The molecule has 7 nitrogen and oxygen atoms in total. The number of rotatable bonds is 6. The van der Waals surface area contributed by atoms with E-state index in [1.807, 2.05) is 30.3 Å². The Morgan fingerprint density at radius 3 is 2.45 bits per heavy atom.